The summed E-state index contributed by atoms with van der Waals surface area (Å²) in [6.45, 7) is 1.45. The molecule has 1 aromatic carbocycles. The first kappa shape index (κ1) is 16.5. The van der Waals surface area contributed by atoms with Crippen LogP contribution in [0, 0.1) is 0 Å². The van der Waals surface area contributed by atoms with Crippen LogP contribution >= 0.6 is 0 Å². The molecule has 5 nitrogen and oxygen atoms in total. The SMILES string of the molecule is FC(F)(F)Oc1ccc(-c2cnc(NC3CCOCC3)nc2)cc1. The van der Waals surface area contributed by atoms with E-state index in [1.807, 2.05) is 0 Å². The highest BCUT2D eigenvalue weighted by atomic mass is 19.4. The van der Waals surface area contributed by atoms with Crippen LogP contribution in [-0.2, 0) is 4.74 Å². The molecule has 1 aliphatic rings. The maximum atomic E-state index is 12.1. The fourth-order valence-corrected chi connectivity index (χ4v) is 2.43. The number of alkyl halides is 3. The largest absolute Gasteiger partial charge is 0.573 e. The maximum Gasteiger partial charge on any atom is 0.573 e. The van der Waals surface area contributed by atoms with Gasteiger partial charge in [0.05, 0.1) is 0 Å². The fourth-order valence-electron chi connectivity index (χ4n) is 2.43. The minimum atomic E-state index is -4.69. The summed E-state index contributed by atoms with van der Waals surface area (Å²) in [4.78, 5) is 8.51. The number of aromatic nitrogens is 2. The summed E-state index contributed by atoms with van der Waals surface area (Å²) in [5.41, 5.74) is 1.42. The molecule has 0 atom stereocenters. The van der Waals surface area contributed by atoms with Crippen molar-refractivity contribution in [2.45, 2.75) is 25.2 Å². The van der Waals surface area contributed by atoms with E-state index in [0.29, 0.717) is 23.1 Å². The van der Waals surface area contributed by atoms with E-state index in [0.717, 1.165) is 26.1 Å². The number of nitrogens with zero attached hydrogens (tertiary/aromatic N) is 2. The van der Waals surface area contributed by atoms with Crippen LogP contribution in [0.25, 0.3) is 11.1 Å². The van der Waals surface area contributed by atoms with E-state index in [4.69, 9.17) is 4.74 Å². The molecule has 0 aliphatic carbocycles. The van der Waals surface area contributed by atoms with Crippen molar-refractivity contribution in [3.05, 3.63) is 36.7 Å². The average Bonchev–Trinajstić information content (AvgIpc) is 2.56. The molecule has 0 saturated carbocycles. The number of benzene rings is 1. The first-order valence-corrected chi connectivity index (χ1v) is 7.52. The smallest absolute Gasteiger partial charge is 0.406 e. The van der Waals surface area contributed by atoms with Gasteiger partial charge in [0, 0.05) is 37.2 Å². The summed E-state index contributed by atoms with van der Waals surface area (Å²) >= 11 is 0. The molecule has 1 N–H and O–H groups in total. The van der Waals surface area contributed by atoms with Gasteiger partial charge >= 0.3 is 6.36 Å². The van der Waals surface area contributed by atoms with Crippen LogP contribution < -0.4 is 10.1 Å². The third-order valence-corrected chi connectivity index (χ3v) is 3.63. The lowest BCUT2D eigenvalue weighted by Crippen LogP contribution is -2.28. The lowest BCUT2D eigenvalue weighted by Gasteiger charge is -2.22. The molecule has 1 aromatic heterocycles. The van der Waals surface area contributed by atoms with Crippen LogP contribution in [0.15, 0.2) is 36.7 Å². The molecule has 1 saturated heterocycles. The normalized spacial score (nSPS) is 16.0. The van der Waals surface area contributed by atoms with E-state index < -0.39 is 6.36 Å². The Hall–Kier alpha value is -2.35. The maximum absolute atomic E-state index is 12.1. The Morgan fingerprint density at radius 3 is 2.21 bits per heavy atom. The number of halogens is 3. The van der Waals surface area contributed by atoms with Gasteiger partial charge in [-0.1, -0.05) is 12.1 Å². The highest BCUT2D eigenvalue weighted by molar-refractivity contribution is 5.62. The lowest BCUT2D eigenvalue weighted by atomic mass is 10.1. The predicted octanol–water partition coefficient (Wildman–Crippen LogP) is 3.63. The highest BCUT2D eigenvalue weighted by Gasteiger charge is 2.30. The zero-order valence-corrected chi connectivity index (χ0v) is 12.7. The van der Waals surface area contributed by atoms with Gasteiger partial charge in [-0.3, -0.25) is 0 Å². The van der Waals surface area contributed by atoms with E-state index in [9.17, 15) is 13.2 Å². The molecule has 0 unspecified atom stereocenters. The first-order valence-electron chi connectivity index (χ1n) is 7.52. The van der Waals surface area contributed by atoms with Gasteiger partial charge in [-0.2, -0.15) is 0 Å². The topological polar surface area (TPSA) is 56.3 Å². The molecule has 2 aromatic rings. The Balaban J connectivity index is 1.64. The van der Waals surface area contributed by atoms with Crippen molar-refractivity contribution in [2.24, 2.45) is 0 Å². The molecule has 3 rings (SSSR count). The zero-order valence-electron chi connectivity index (χ0n) is 12.7. The molecular formula is C16H16F3N3O2. The van der Waals surface area contributed by atoms with Crippen molar-refractivity contribution in [3.63, 3.8) is 0 Å². The van der Waals surface area contributed by atoms with Gasteiger partial charge in [-0.05, 0) is 30.5 Å². The number of nitrogens with one attached hydrogen (secondary N) is 1. The highest BCUT2D eigenvalue weighted by Crippen LogP contribution is 2.26. The number of ether oxygens (including phenoxy) is 2. The van der Waals surface area contributed by atoms with Gasteiger partial charge in [0.2, 0.25) is 5.95 Å². The molecule has 2 heterocycles. The number of hydrogen-bond donors (Lipinski definition) is 1. The number of rotatable bonds is 4. The van der Waals surface area contributed by atoms with Gasteiger partial charge in [0.1, 0.15) is 5.75 Å². The molecular weight excluding hydrogens is 323 g/mol. The summed E-state index contributed by atoms with van der Waals surface area (Å²) in [6.07, 6.45) is 0.391. The Bertz CT molecular complexity index is 654. The molecule has 1 aliphatic heterocycles. The Labute approximate surface area is 136 Å². The Morgan fingerprint density at radius 1 is 1.00 bits per heavy atom. The van der Waals surface area contributed by atoms with Gasteiger partial charge in [-0.25, -0.2) is 9.97 Å². The fraction of sp³-hybridized carbons (Fsp3) is 0.375. The van der Waals surface area contributed by atoms with E-state index in [1.54, 1.807) is 12.4 Å². The van der Waals surface area contributed by atoms with Crippen molar-refractivity contribution in [2.75, 3.05) is 18.5 Å². The van der Waals surface area contributed by atoms with Gasteiger partial charge in [-0.15, -0.1) is 13.2 Å². The third kappa shape index (κ3) is 4.58. The lowest BCUT2D eigenvalue weighted by molar-refractivity contribution is -0.274. The van der Waals surface area contributed by atoms with Gasteiger partial charge < -0.3 is 14.8 Å². The molecule has 128 valence electrons. The van der Waals surface area contributed by atoms with Crippen LogP contribution in [0.4, 0.5) is 19.1 Å². The van der Waals surface area contributed by atoms with Gasteiger partial charge in [0.15, 0.2) is 0 Å². The Kier molecular flexibility index (Phi) is 4.84. The predicted molar refractivity (Wildman–Crippen MR) is 81.6 cm³/mol. The first-order chi connectivity index (χ1) is 11.5. The Morgan fingerprint density at radius 2 is 1.62 bits per heavy atom. The molecule has 8 heteroatoms. The van der Waals surface area contributed by atoms with Crippen LogP contribution in [0.5, 0.6) is 5.75 Å². The van der Waals surface area contributed by atoms with Crippen molar-refractivity contribution < 1.29 is 22.6 Å². The van der Waals surface area contributed by atoms with Crippen molar-refractivity contribution in [1.29, 1.82) is 0 Å². The van der Waals surface area contributed by atoms with Gasteiger partial charge in [0.25, 0.3) is 0 Å². The summed E-state index contributed by atoms with van der Waals surface area (Å²) in [7, 11) is 0. The average molecular weight is 339 g/mol. The number of anilines is 1. The third-order valence-electron chi connectivity index (χ3n) is 3.63. The molecule has 0 radical (unpaired) electrons. The van der Waals surface area contributed by atoms with E-state index in [2.05, 4.69) is 20.0 Å². The van der Waals surface area contributed by atoms with Crippen molar-refractivity contribution in [3.8, 4) is 16.9 Å². The quantitative estimate of drug-likeness (QED) is 0.922. The van der Waals surface area contributed by atoms with Crippen LogP contribution in [0.3, 0.4) is 0 Å². The van der Waals surface area contributed by atoms with E-state index in [-0.39, 0.29) is 5.75 Å². The number of hydrogen-bond acceptors (Lipinski definition) is 5. The van der Waals surface area contributed by atoms with Crippen molar-refractivity contribution >= 4 is 5.95 Å². The molecule has 24 heavy (non-hydrogen) atoms. The second kappa shape index (κ2) is 7.04. The van der Waals surface area contributed by atoms with Crippen molar-refractivity contribution in [1.82, 2.24) is 9.97 Å². The minimum Gasteiger partial charge on any atom is -0.406 e. The second-order valence-corrected chi connectivity index (χ2v) is 5.40. The standard InChI is InChI=1S/C16H16F3N3O2/c17-16(18,19)24-14-3-1-11(2-4-14)12-9-20-15(21-10-12)22-13-5-7-23-8-6-13/h1-4,9-10,13H,5-8H2,(H,20,21,22). The molecule has 0 amide bonds. The molecule has 0 bridgehead atoms. The monoisotopic (exact) mass is 339 g/mol. The van der Waals surface area contributed by atoms with Crippen LogP contribution in [0.2, 0.25) is 0 Å². The summed E-state index contributed by atoms with van der Waals surface area (Å²) in [6, 6.07) is 5.88. The van der Waals surface area contributed by atoms with Crippen LogP contribution in [0.1, 0.15) is 12.8 Å². The summed E-state index contributed by atoms with van der Waals surface area (Å²) < 4.78 is 45.6. The molecule has 1 fully saturated rings. The summed E-state index contributed by atoms with van der Waals surface area (Å²) in [5, 5.41) is 3.25. The minimum absolute atomic E-state index is 0.259. The van der Waals surface area contributed by atoms with E-state index in [1.165, 1.54) is 24.3 Å². The van der Waals surface area contributed by atoms with Crippen LogP contribution in [-0.4, -0.2) is 35.6 Å². The molecule has 0 spiro atoms. The summed E-state index contributed by atoms with van der Waals surface area (Å²) in [5.74, 6) is 0.271. The second-order valence-electron chi connectivity index (χ2n) is 5.40. The van der Waals surface area contributed by atoms with E-state index >= 15 is 0 Å². The zero-order chi connectivity index (χ0) is 17.0.